The van der Waals surface area contributed by atoms with E-state index in [4.69, 9.17) is 13.9 Å². The van der Waals surface area contributed by atoms with Crippen LogP contribution in [-0.2, 0) is 0 Å². The minimum atomic E-state index is 0.0646. The van der Waals surface area contributed by atoms with Crippen LogP contribution in [0.25, 0.3) is 33.1 Å². The molecule has 0 bridgehead atoms. The summed E-state index contributed by atoms with van der Waals surface area (Å²) in [5.74, 6) is 3.51. The lowest BCUT2D eigenvalue weighted by Gasteiger charge is -2.33. The van der Waals surface area contributed by atoms with E-state index in [-0.39, 0.29) is 6.71 Å². The fraction of sp³-hybridized carbons (Fsp3) is 0. The molecule has 2 aliphatic rings. The van der Waals surface area contributed by atoms with Gasteiger partial charge in [-0.25, -0.2) is 0 Å². The highest BCUT2D eigenvalue weighted by molar-refractivity contribution is 6.98. The SMILES string of the molecule is c1ccc2c(c1)Oc1cccc3c1B2c1cc(-c2ccc4c(c2)oc2ccccc24)ccc1O3. The van der Waals surface area contributed by atoms with Crippen molar-refractivity contribution < 1.29 is 13.9 Å². The minimum absolute atomic E-state index is 0.0646. The third kappa shape index (κ3) is 2.42. The third-order valence-electron chi connectivity index (χ3n) is 7.02. The lowest BCUT2D eigenvalue weighted by molar-refractivity contribution is 0.464. The standard InChI is InChI=1S/C30H17BO3/c1-3-8-24-20(6-1)21-14-12-19(17-29(21)32-24)18-13-15-26-23(16-18)31-22-7-2-4-9-25(22)33-27-10-5-11-28(34-26)30(27)31/h1-17H. The molecular weight excluding hydrogens is 419 g/mol. The van der Waals surface area contributed by atoms with Gasteiger partial charge in [0.05, 0.1) is 0 Å². The Labute approximate surface area is 196 Å². The van der Waals surface area contributed by atoms with Crippen LogP contribution < -0.4 is 25.9 Å². The van der Waals surface area contributed by atoms with Gasteiger partial charge in [0.2, 0.25) is 0 Å². The number of ether oxygens (including phenoxy) is 2. The van der Waals surface area contributed by atoms with Crippen molar-refractivity contribution in [3.05, 3.63) is 103 Å². The maximum Gasteiger partial charge on any atom is 0.260 e. The first kappa shape index (κ1) is 18.0. The molecule has 0 amide bonds. The van der Waals surface area contributed by atoms with Crippen molar-refractivity contribution in [3.8, 4) is 34.1 Å². The summed E-state index contributed by atoms with van der Waals surface area (Å²) in [5, 5.41) is 2.28. The predicted octanol–water partition coefficient (Wildman–Crippen LogP) is 5.98. The van der Waals surface area contributed by atoms with Gasteiger partial charge in [0.1, 0.15) is 34.2 Å². The number of hydrogen-bond acceptors (Lipinski definition) is 3. The Hall–Kier alpha value is -4.44. The molecule has 0 unspecified atom stereocenters. The Morgan fingerprint density at radius 2 is 1.15 bits per heavy atom. The molecule has 0 radical (unpaired) electrons. The molecule has 0 fully saturated rings. The molecular formula is C30H17BO3. The normalized spacial score (nSPS) is 13.1. The highest BCUT2D eigenvalue weighted by atomic mass is 16.5. The summed E-state index contributed by atoms with van der Waals surface area (Å²) in [7, 11) is 0. The zero-order chi connectivity index (χ0) is 22.2. The number of rotatable bonds is 1. The van der Waals surface area contributed by atoms with E-state index in [2.05, 4.69) is 54.6 Å². The van der Waals surface area contributed by atoms with Crippen LogP contribution in [0.15, 0.2) is 108 Å². The number of hydrogen-bond donors (Lipinski definition) is 0. The lowest BCUT2D eigenvalue weighted by atomic mass is 9.35. The van der Waals surface area contributed by atoms with Gasteiger partial charge in [-0.15, -0.1) is 0 Å². The number of para-hydroxylation sites is 2. The van der Waals surface area contributed by atoms with Crippen LogP contribution in [0.2, 0.25) is 0 Å². The molecule has 3 heterocycles. The summed E-state index contributed by atoms with van der Waals surface area (Å²) in [4.78, 5) is 0. The smallest absolute Gasteiger partial charge is 0.260 e. The average molecular weight is 436 g/mol. The molecule has 0 saturated carbocycles. The first-order chi connectivity index (χ1) is 16.8. The molecule has 0 N–H and O–H groups in total. The summed E-state index contributed by atoms with van der Waals surface area (Å²) in [5.41, 5.74) is 7.48. The third-order valence-corrected chi connectivity index (χ3v) is 7.02. The highest BCUT2D eigenvalue weighted by Crippen LogP contribution is 2.36. The van der Waals surface area contributed by atoms with E-state index in [9.17, 15) is 0 Å². The molecule has 6 aromatic rings. The van der Waals surface area contributed by atoms with E-state index in [1.165, 1.54) is 0 Å². The molecule has 34 heavy (non-hydrogen) atoms. The van der Waals surface area contributed by atoms with E-state index in [1.807, 2.05) is 48.5 Å². The number of furan rings is 1. The van der Waals surface area contributed by atoms with E-state index in [1.54, 1.807) is 0 Å². The fourth-order valence-corrected chi connectivity index (χ4v) is 5.47. The van der Waals surface area contributed by atoms with E-state index < -0.39 is 0 Å². The topological polar surface area (TPSA) is 31.6 Å². The summed E-state index contributed by atoms with van der Waals surface area (Å²) >= 11 is 0. The first-order valence-corrected chi connectivity index (χ1v) is 11.5. The monoisotopic (exact) mass is 436 g/mol. The first-order valence-electron chi connectivity index (χ1n) is 11.5. The van der Waals surface area contributed by atoms with Gasteiger partial charge in [-0.1, -0.05) is 60.7 Å². The quantitative estimate of drug-likeness (QED) is 0.297. The maximum absolute atomic E-state index is 6.34. The van der Waals surface area contributed by atoms with Crippen LogP contribution in [0, 0.1) is 0 Å². The number of benzene rings is 5. The van der Waals surface area contributed by atoms with Crippen LogP contribution in [-0.4, -0.2) is 6.71 Å². The molecule has 1 aromatic heterocycles. The summed E-state index contributed by atoms with van der Waals surface area (Å²) in [6, 6.07) is 35.4. The van der Waals surface area contributed by atoms with Crippen LogP contribution in [0.4, 0.5) is 0 Å². The second kappa shape index (κ2) is 6.55. The maximum atomic E-state index is 6.34. The van der Waals surface area contributed by atoms with Crippen molar-refractivity contribution in [1.29, 1.82) is 0 Å². The molecule has 4 heteroatoms. The molecule has 2 aliphatic heterocycles. The van der Waals surface area contributed by atoms with Gasteiger partial charge in [-0.05, 0) is 64.5 Å². The molecule has 0 aliphatic carbocycles. The number of fused-ring (bicyclic) bond motifs is 7. The van der Waals surface area contributed by atoms with Gasteiger partial charge < -0.3 is 13.9 Å². The molecule has 3 nitrogen and oxygen atoms in total. The van der Waals surface area contributed by atoms with E-state index in [0.717, 1.165) is 72.5 Å². The van der Waals surface area contributed by atoms with Crippen LogP contribution in [0.5, 0.6) is 23.0 Å². The van der Waals surface area contributed by atoms with E-state index in [0.29, 0.717) is 0 Å². The Morgan fingerprint density at radius 3 is 2.06 bits per heavy atom. The Morgan fingerprint density at radius 1 is 0.471 bits per heavy atom. The Kier molecular flexibility index (Phi) is 3.48. The van der Waals surface area contributed by atoms with Gasteiger partial charge in [-0.3, -0.25) is 0 Å². The van der Waals surface area contributed by atoms with Crippen molar-refractivity contribution >= 4 is 45.0 Å². The van der Waals surface area contributed by atoms with Crippen molar-refractivity contribution in [3.63, 3.8) is 0 Å². The van der Waals surface area contributed by atoms with Crippen molar-refractivity contribution in [2.24, 2.45) is 0 Å². The molecule has 8 rings (SSSR count). The predicted molar refractivity (Wildman–Crippen MR) is 137 cm³/mol. The fourth-order valence-electron chi connectivity index (χ4n) is 5.47. The summed E-state index contributed by atoms with van der Waals surface area (Å²) < 4.78 is 18.7. The van der Waals surface area contributed by atoms with Gasteiger partial charge >= 0.3 is 0 Å². The van der Waals surface area contributed by atoms with Crippen molar-refractivity contribution in [2.75, 3.05) is 0 Å². The summed E-state index contributed by atoms with van der Waals surface area (Å²) in [6.45, 7) is 0.0646. The van der Waals surface area contributed by atoms with Gasteiger partial charge in [-0.2, -0.15) is 0 Å². The van der Waals surface area contributed by atoms with Crippen LogP contribution >= 0.6 is 0 Å². The van der Waals surface area contributed by atoms with Crippen LogP contribution in [0.1, 0.15) is 0 Å². The second-order valence-electron chi connectivity index (χ2n) is 8.90. The zero-order valence-corrected chi connectivity index (χ0v) is 18.1. The van der Waals surface area contributed by atoms with Crippen molar-refractivity contribution in [1.82, 2.24) is 0 Å². The molecule has 0 spiro atoms. The van der Waals surface area contributed by atoms with E-state index >= 15 is 0 Å². The minimum Gasteiger partial charge on any atom is -0.458 e. The Balaban J connectivity index is 1.32. The molecule has 158 valence electrons. The largest absolute Gasteiger partial charge is 0.458 e. The highest BCUT2D eigenvalue weighted by Gasteiger charge is 2.39. The van der Waals surface area contributed by atoms with Crippen molar-refractivity contribution in [2.45, 2.75) is 0 Å². The molecule has 5 aromatic carbocycles. The zero-order valence-electron chi connectivity index (χ0n) is 18.1. The lowest BCUT2D eigenvalue weighted by Crippen LogP contribution is -2.57. The summed E-state index contributed by atoms with van der Waals surface area (Å²) in [6.07, 6.45) is 0. The second-order valence-corrected chi connectivity index (χ2v) is 8.90. The van der Waals surface area contributed by atoms with Gasteiger partial charge in [0, 0.05) is 16.2 Å². The van der Waals surface area contributed by atoms with Gasteiger partial charge in [0.15, 0.2) is 0 Å². The van der Waals surface area contributed by atoms with Gasteiger partial charge in [0.25, 0.3) is 6.71 Å². The molecule has 0 atom stereocenters. The average Bonchev–Trinajstić information content (AvgIpc) is 3.26. The van der Waals surface area contributed by atoms with Crippen LogP contribution in [0.3, 0.4) is 0 Å². The molecule has 0 saturated heterocycles. The Bertz CT molecular complexity index is 1770.